The summed E-state index contributed by atoms with van der Waals surface area (Å²) in [6.07, 6.45) is 3.35. The summed E-state index contributed by atoms with van der Waals surface area (Å²) in [5.41, 5.74) is 4.81. The van der Waals surface area contributed by atoms with Crippen LogP contribution in [-0.4, -0.2) is 36.8 Å². The third kappa shape index (κ3) is 3.86. The normalized spacial score (nSPS) is 11.3. The van der Waals surface area contributed by atoms with E-state index in [1.54, 1.807) is 25.4 Å². The molecule has 3 rings (SSSR count). The van der Waals surface area contributed by atoms with Crippen molar-refractivity contribution < 1.29 is 4.79 Å². The summed E-state index contributed by atoms with van der Waals surface area (Å²) in [6.45, 7) is 1.72. The van der Waals surface area contributed by atoms with E-state index in [1.807, 2.05) is 36.4 Å². The SMILES string of the molecule is CC(=NNC(=O)Cn1nnc(-c2ccccc2)n1)c1cccnc1. The number of hydrogen-bond donors (Lipinski definition) is 1. The van der Waals surface area contributed by atoms with Gasteiger partial charge in [0, 0.05) is 23.5 Å². The van der Waals surface area contributed by atoms with Crippen LogP contribution in [0.2, 0.25) is 0 Å². The molecule has 0 saturated carbocycles. The molecule has 120 valence electrons. The topological polar surface area (TPSA) is 98.0 Å². The van der Waals surface area contributed by atoms with E-state index < -0.39 is 0 Å². The van der Waals surface area contributed by atoms with Crippen molar-refractivity contribution in [1.29, 1.82) is 0 Å². The summed E-state index contributed by atoms with van der Waals surface area (Å²) in [7, 11) is 0. The van der Waals surface area contributed by atoms with E-state index in [2.05, 4.69) is 30.9 Å². The molecule has 0 bridgehead atoms. The van der Waals surface area contributed by atoms with E-state index in [1.165, 1.54) is 4.80 Å². The molecule has 2 aromatic heterocycles. The summed E-state index contributed by atoms with van der Waals surface area (Å²) < 4.78 is 0. The molecule has 0 aliphatic heterocycles. The van der Waals surface area contributed by atoms with Crippen LogP contribution in [0, 0.1) is 0 Å². The van der Waals surface area contributed by atoms with E-state index >= 15 is 0 Å². The number of nitrogens with one attached hydrogen (secondary N) is 1. The minimum absolute atomic E-state index is 0.0658. The van der Waals surface area contributed by atoms with E-state index in [0.717, 1.165) is 11.1 Å². The fourth-order valence-electron chi connectivity index (χ4n) is 1.96. The standard InChI is InChI=1S/C16H15N7O/c1-12(14-8-5-9-17-10-14)18-19-15(24)11-23-21-16(20-22-23)13-6-3-2-4-7-13/h2-10H,11H2,1H3,(H,19,24). The Morgan fingerprint density at radius 2 is 2.04 bits per heavy atom. The van der Waals surface area contributed by atoms with Gasteiger partial charge >= 0.3 is 0 Å². The number of rotatable bonds is 5. The van der Waals surface area contributed by atoms with Gasteiger partial charge in [0.25, 0.3) is 5.91 Å². The lowest BCUT2D eigenvalue weighted by molar-refractivity contribution is -0.122. The number of tetrazole rings is 1. The molecule has 3 aromatic rings. The van der Waals surface area contributed by atoms with Crippen molar-refractivity contribution in [2.75, 3.05) is 0 Å². The van der Waals surface area contributed by atoms with Crippen LogP contribution in [0.3, 0.4) is 0 Å². The number of benzene rings is 1. The number of hydrogen-bond acceptors (Lipinski definition) is 6. The fraction of sp³-hybridized carbons (Fsp3) is 0.125. The number of amides is 1. The Bertz CT molecular complexity index is 843. The molecule has 8 heteroatoms. The number of carbonyl (C=O) groups is 1. The van der Waals surface area contributed by atoms with Gasteiger partial charge in [-0.3, -0.25) is 9.78 Å². The minimum atomic E-state index is -0.338. The fourth-order valence-corrected chi connectivity index (χ4v) is 1.96. The first-order valence-corrected chi connectivity index (χ1v) is 7.29. The molecule has 8 nitrogen and oxygen atoms in total. The lowest BCUT2D eigenvalue weighted by atomic mass is 10.2. The zero-order valence-electron chi connectivity index (χ0n) is 13.0. The number of aromatic nitrogens is 5. The van der Waals surface area contributed by atoms with E-state index in [0.29, 0.717) is 11.5 Å². The molecule has 0 spiro atoms. The van der Waals surface area contributed by atoms with Gasteiger partial charge in [-0.15, -0.1) is 10.2 Å². The zero-order valence-corrected chi connectivity index (χ0v) is 13.0. The molecule has 0 saturated heterocycles. The van der Waals surface area contributed by atoms with Gasteiger partial charge in [-0.25, -0.2) is 5.43 Å². The maximum atomic E-state index is 11.9. The highest BCUT2D eigenvalue weighted by Crippen LogP contribution is 2.11. The Hall–Kier alpha value is -3.42. The highest BCUT2D eigenvalue weighted by Gasteiger charge is 2.08. The summed E-state index contributed by atoms with van der Waals surface area (Å²) in [6, 6.07) is 13.1. The van der Waals surface area contributed by atoms with Crippen molar-refractivity contribution in [3.05, 3.63) is 60.4 Å². The summed E-state index contributed by atoms with van der Waals surface area (Å²) in [4.78, 5) is 17.2. The van der Waals surface area contributed by atoms with Gasteiger partial charge < -0.3 is 0 Å². The largest absolute Gasteiger partial charge is 0.271 e. The molecule has 1 amide bonds. The highest BCUT2D eigenvalue weighted by molar-refractivity contribution is 5.98. The molecular weight excluding hydrogens is 306 g/mol. The maximum absolute atomic E-state index is 11.9. The molecule has 0 aliphatic carbocycles. The summed E-state index contributed by atoms with van der Waals surface area (Å²) in [5, 5.41) is 16.0. The molecule has 2 heterocycles. The van der Waals surface area contributed by atoms with Crippen molar-refractivity contribution in [2.45, 2.75) is 13.5 Å². The van der Waals surface area contributed by atoms with E-state index in [4.69, 9.17) is 0 Å². The first-order chi connectivity index (χ1) is 11.7. The molecule has 0 unspecified atom stereocenters. The quantitative estimate of drug-likeness (QED) is 0.564. The van der Waals surface area contributed by atoms with Gasteiger partial charge in [0.05, 0.1) is 5.71 Å². The molecule has 24 heavy (non-hydrogen) atoms. The van der Waals surface area contributed by atoms with Gasteiger partial charge in [0.1, 0.15) is 6.54 Å². The average Bonchev–Trinajstić information content (AvgIpc) is 3.09. The first-order valence-electron chi connectivity index (χ1n) is 7.29. The van der Waals surface area contributed by atoms with E-state index in [9.17, 15) is 4.79 Å². The summed E-state index contributed by atoms with van der Waals surface area (Å²) in [5.74, 6) is 0.133. The smallest absolute Gasteiger partial charge is 0.263 e. The van der Waals surface area contributed by atoms with Crippen LogP contribution in [0.1, 0.15) is 12.5 Å². The second-order valence-corrected chi connectivity index (χ2v) is 4.98. The van der Waals surface area contributed by atoms with Crippen molar-refractivity contribution >= 4 is 11.6 Å². The molecule has 1 aromatic carbocycles. The Balaban J connectivity index is 1.61. The Kier molecular flexibility index (Phi) is 4.66. The Labute approximate surface area is 138 Å². The zero-order chi connectivity index (χ0) is 16.8. The van der Waals surface area contributed by atoms with Gasteiger partial charge in [-0.05, 0) is 18.2 Å². The minimum Gasteiger partial charge on any atom is -0.271 e. The van der Waals surface area contributed by atoms with Crippen molar-refractivity contribution in [1.82, 2.24) is 30.6 Å². The Morgan fingerprint density at radius 1 is 1.21 bits per heavy atom. The third-order valence-electron chi connectivity index (χ3n) is 3.20. The first kappa shape index (κ1) is 15.5. The van der Waals surface area contributed by atoms with Crippen molar-refractivity contribution in [2.24, 2.45) is 5.10 Å². The lowest BCUT2D eigenvalue weighted by Gasteiger charge is -2.01. The van der Waals surface area contributed by atoms with Crippen LogP contribution in [-0.2, 0) is 11.3 Å². The van der Waals surface area contributed by atoms with Crippen LogP contribution >= 0.6 is 0 Å². The molecule has 0 fully saturated rings. The molecule has 0 radical (unpaired) electrons. The number of carbonyl (C=O) groups excluding carboxylic acids is 1. The second kappa shape index (κ2) is 7.23. The van der Waals surface area contributed by atoms with Crippen LogP contribution in [0.25, 0.3) is 11.4 Å². The number of pyridine rings is 1. The molecule has 1 N–H and O–H groups in total. The maximum Gasteiger partial charge on any atom is 0.263 e. The lowest BCUT2D eigenvalue weighted by Crippen LogP contribution is -2.25. The van der Waals surface area contributed by atoms with Gasteiger partial charge in [0.2, 0.25) is 5.82 Å². The van der Waals surface area contributed by atoms with Gasteiger partial charge in [-0.2, -0.15) is 9.90 Å². The van der Waals surface area contributed by atoms with Crippen molar-refractivity contribution in [3.8, 4) is 11.4 Å². The third-order valence-corrected chi connectivity index (χ3v) is 3.20. The predicted octanol–water partition coefficient (Wildman–Crippen LogP) is 1.28. The van der Waals surface area contributed by atoms with Crippen molar-refractivity contribution in [3.63, 3.8) is 0 Å². The molecule has 0 aliphatic rings. The monoisotopic (exact) mass is 321 g/mol. The second-order valence-electron chi connectivity index (χ2n) is 4.98. The number of nitrogens with zero attached hydrogens (tertiary/aromatic N) is 6. The average molecular weight is 321 g/mol. The molecule has 0 atom stereocenters. The van der Waals surface area contributed by atoms with Crippen LogP contribution in [0.4, 0.5) is 0 Å². The molecular formula is C16H15N7O. The summed E-state index contributed by atoms with van der Waals surface area (Å²) >= 11 is 0. The van der Waals surface area contributed by atoms with Gasteiger partial charge in [-0.1, -0.05) is 36.4 Å². The van der Waals surface area contributed by atoms with Crippen LogP contribution in [0.5, 0.6) is 0 Å². The Morgan fingerprint density at radius 3 is 2.79 bits per heavy atom. The van der Waals surface area contributed by atoms with Crippen LogP contribution < -0.4 is 5.43 Å². The highest BCUT2D eigenvalue weighted by atomic mass is 16.2. The van der Waals surface area contributed by atoms with Crippen LogP contribution in [0.15, 0.2) is 60.0 Å². The van der Waals surface area contributed by atoms with Gasteiger partial charge in [0.15, 0.2) is 0 Å². The number of hydrazone groups is 1. The van der Waals surface area contributed by atoms with E-state index in [-0.39, 0.29) is 12.5 Å². The predicted molar refractivity (Wildman–Crippen MR) is 87.8 cm³/mol.